The summed E-state index contributed by atoms with van der Waals surface area (Å²) in [5.41, 5.74) is 0. The Labute approximate surface area is 78.6 Å². The van der Waals surface area contributed by atoms with Crippen LogP contribution in [0.3, 0.4) is 0 Å². The zero-order valence-corrected chi connectivity index (χ0v) is 10.7. The second-order valence-corrected chi connectivity index (χ2v) is 3.67. The molecule has 1 saturated heterocycles. The molecule has 0 amide bonds. The first-order valence-electron chi connectivity index (χ1n) is 4.52. The zero-order chi connectivity index (χ0) is 9.40. The Morgan fingerprint density at radius 3 is 2.17 bits per heavy atom. The molecular weight excluding hydrogens is 170 g/mol. The highest BCUT2D eigenvalue weighted by atomic mass is 28.2. The summed E-state index contributed by atoms with van der Waals surface area (Å²) >= 11 is 0. The Hall–Kier alpha value is 0.0969. The van der Waals surface area contributed by atoms with Crippen molar-refractivity contribution >= 4 is 10.5 Å². The molecule has 0 bridgehead atoms. The van der Waals surface area contributed by atoms with Crippen molar-refractivity contribution in [2.75, 3.05) is 33.4 Å². The molecule has 1 unspecified atom stereocenters. The van der Waals surface area contributed by atoms with Crippen molar-refractivity contribution in [3.8, 4) is 0 Å². The fourth-order valence-corrected chi connectivity index (χ4v) is 0.943. The van der Waals surface area contributed by atoms with Gasteiger partial charge in [0.05, 0.1) is 12.7 Å². The second-order valence-electron chi connectivity index (χ2n) is 2.85. The molecule has 1 aliphatic rings. The summed E-state index contributed by atoms with van der Waals surface area (Å²) < 4.78 is 9.49. The lowest BCUT2D eigenvalue weighted by Crippen LogP contribution is -2.27. The SMILES string of the molecule is CCN(CC)CC1CO1.CO[SiH3]. The highest BCUT2D eigenvalue weighted by Gasteiger charge is 2.23. The topological polar surface area (TPSA) is 25.0 Å². The van der Waals surface area contributed by atoms with Gasteiger partial charge in [0.2, 0.25) is 0 Å². The van der Waals surface area contributed by atoms with E-state index in [0.29, 0.717) is 6.10 Å². The van der Waals surface area contributed by atoms with Crippen molar-refractivity contribution in [3.05, 3.63) is 0 Å². The predicted octanol–water partition coefficient (Wildman–Crippen LogP) is -0.360. The fraction of sp³-hybridized carbons (Fsp3) is 1.00. The third-order valence-corrected chi connectivity index (χ3v) is 1.76. The highest BCUT2D eigenvalue weighted by Crippen LogP contribution is 2.09. The molecule has 1 aliphatic heterocycles. The van der Waals surface area contributed by atoms with E-state index in [1.165, 1.54) is 0 Å². The highest BCUT2D eigenvalue weighted by molar-refractivity contribution is 5.97. The van der Waals surface area contributed by atoms with E-state index in [2.05, 4.69) is 23.2 Å². The molecule has 1 atom stereocenters. The molecule has 12 heavy (non-hydrogen) atoms. The molecule has 0 aromatic carbocycles. The summed E-state index contributed by atoms with van der Waals surface area (Å²) in [7, 11) is 2.56. The van der Waals surface area contributed by atoms with Gasteiger partial charge in [0, 0.05) is 13.7 Å². The van der Waals surface area contributed by atoms with Crippen LogP contribution >= 0.6 is 0 Å². The van der Waals surface area contributed by atoms with Gasteiger partial charge in [-0.3, -0.25) is 0 Å². The minimum Gasteiger partial charge on any atom is -0.431 e. The van der Waals surface area contributed by atoms with Crippen LogP contribution < -0.4 is 0 Å². The largest absolute Gasteiger partial charge is 0.431 e. The van der Waals surface area contributed by atoms with Gasteiger partial charge < -0.3 is 14.1 Å². The van der Waals surface area contributed by atoms with Crippen LogP contribution in [-0.4, -0.2) is 54.8 Å². The summed E-state index contributed by atoms with van der Waals surface area (Å²) in [6, 6.07) is 0. The Bertz CT molecular complexity index is 95.1. The number of likely N-dealkylation sites (N-methyl/N-ethyl adjacent to an activating group) is 1. The predicted molar refractivity (Wildman–Crippen MR) is 54.5 cm³/mol. The summed E-state index contributed by atoms with van der Waals surface area (Å²) in [6.07, 6.45) is 0.560. The summed E-state index contributed by atoms with van der Waals surface area (Å²) in [5, 5.41) is 0. The molecule has 1 rings (SSSR count). The van der Waals surface area contributed by atoms with E-state index in [9.17, 15) is 0 Å². The molecule has 0 spiro atoms. The lowest BCUT2D eigenvalue weighted by atomic mass is 10.4. The van der Waals surface area contributed by atoms with Gasteiger partial charge in [-0.2, -0.15) is 0 Å². The lowest BCUT2D eigenvalue weighted by molar-refractivity contribution is 0.263. The van der Waals surface area contributed by atoms with Crippen LogP contribution in [-0.2, 0) is 9.16 Å². The van der Waals surface area contributed by atoms with Crippen LogP contribution in [0.25, 0.3) is 0 Å². The van der Waals surface area contributed by atoms with E-state index in [1.807, 2.05) is 0 Å². The molecule has 4 heteroatoms. The van der Waals surface area contributed by atoms with Gasteiger partial charge in [0.1, 0.15) is 10.5 Å². The zero-order valence-electron chi connectivity index (χ0n) is 8.67. The van der Waals surface area contributed by atoms with Crippen molar-refractivity contribution in [1.82, 2.24) is 4.90 Å². The monoisotopic (exact) mass is 191 g/mol. The van der Waals surface area contributed by atoms with E-state index in [0.717, 1.165) is 36.7 Å². The van der Waals surface area contributed by atoms with Crippen molar-refractivity contribution in [3.63, 3.8) is 0 Å². The average Bonchev–Trinajstić information content (AvgIpc) is 2.85. The van der Waals surface area contributed by atoms with E-state index < -0.39 is 0 Å². The maximum Gasteiger partial charge on any atom is 0.145 e. The third kappa shape index (κ3) is 6.79. The van der Waals surface area contributed by atoms with Crippen LogP contribution in [0.2, 0.25) is 0 Å². The smallest absolute Gasteiger partial charge is 0.145 e. The molecule has 0 saturated carbocycles. The summed E-state index contributed by atoms with van der Waals surface area (Å²) in [4.78, 5) is 2.39. The number of nitrogens with zero attached hydrogens (tertiary/aromatic N) is 1. The molecule has 3 nitrogen and oxygen atoms in total. The maximum atomic E-state index is 5.10. The van der Waals surface area contributed by atoms with Gasteiger partial charge in [-0.05, 0) is 13.1 Å². The second kappa shape index (κ2) is 7.73. The number of epoxide rings is 1. The lowest BCUT2D eigenvalue weighted by Gasteiger charge is -2.15. The standard InChI is InChI=1S/C7H15NO.CH6OSi/c1-3-8(4-2)5-7-6-9-7;1-2-3/h7H,3-6H2,1-2H3;1,3H3. The minimum atomic E-state index is 0.560. The third-order valence-electron chi connectivity index (χ3n) is 1.76. The van der Waals surface area contributed by atoms with Crippen LogP contribution in [0.1, 0.15) is 13.8 Å². The first-order valence-corrected chi connectivity index (χ1v) is 5.34. The van der Waals surface area contributed by atoms with Crippen LogP contribution in [0.4, 0.5) is 0 Å². The quantitative estimate of drug-likeness (QED) is 0.448. The maximum absolute atomic E-state index is 5.10. The van der Waals surface area contributed by atoms with E-state index in [4.69, 9.17) is 4.74 Å². The first-order chi connectivity index (χ1) is 5.78. The van der Waals surface area contributed by atoms with Crippen LogP contribution in [0.5, 0.6) is 0 Å². The average molecular weight is 191 g/mol. The van der Waals surface area contributed by atoms with Crippen molar-refractivity contribution in [2.45, 2.75) is 20.0 Å². The van der Waals surface area contributed by atoms with Crippen molar-refractivity contribution < 1.29 is 9.16 Å². The molecule has 74 valence electrons. The number of hydrogen-bond donors (Lipinski definition) is 0. The number of hydrogen-bond acceptors (Lipinski definition) is 3. The summed E-state index contributed by atoms with van der Waals surface area (Å²) in [6.45, 7) is 8.79. The Balaban J connectivity index is 0.000000354. The molecule has 0 aromatic rings. The molecule has 0 aliphatic carbocycles. The number of ether oxygens (including phenoxy) is 1. The van der Waals surface area contributed by atoms with Gasteiger partial charge in [0.15, 0.2) is 0 Å². The van der Waals surface area contributed by atoms with Gasteiger partial charge >= 0.3 is 0 Å². The van der Waals surface area contributed by atoms with Crippen molar-refractivity contribution in [1.29, 1.82) is 0 Å². The van der Waals surface area contributed by atoms with E-state index in [-0.39, 0.29) is 0 Å². The van der Waals surface area contributed by atoms with E-state index in [1.54, 1.807) is 7.11 Å². The van der Waals surface area contributed by atoms with Crippen LogP contribution in [0, 0.1) is 0 Å². The van der Waals surface area contributed by atoms with Crippen molar-refractivity contribution in [2.24, 2.45) is 0 Å². The molecule has 1 heterocycles. The molecular formula is C8H21NO2Si. The molecule has 0 N–H and O–H groups in total. The molecule has 1 fully saturated rings. The first kappa shape index (κ1) is 12.1. The van der Waals surface area contributed by atoms with Gasteiger partial charge in [-0.15, -0.1) is 0 Å². The molecule has 0 radical (unpaired) electrons. The Morgan fingerprint density at radius 2 is 1.92 bits per heavy atom. The van der Waals surface area contributed by atoms with Crippen LogP contribution in [0.15, 0.2) is 0 Å². The molecule has 0 aromatic heterocycles. The Kier molecular flexibility index (Phi) is 7.79. The van der Waals surface area contributed by atoms with Gasteiger partial charge in [0.25, 0.3) is 0 Å². The van der Waals surface area contributed by atoms with Gasteiger partial charge in [-0.1, -0.05) is 13.8 Å². The Morgan fingerprint density at radius 1 is 1.50 bits per heavy atom. The normalized spacial score (nSPS) is 20.5. The van der Waals surface area contributed by atoms with E-state index >= 15 is 0 Å². The fourth-order valence-electron chi connectivity index (χ4n) is 0.943. The summed E-state index contributed by atoms with van der Waals surface area (Å²) in [5.74, 6) is 0. The minimum absolute atomic E-state index is 0.560. The van der Waals surface area contributed by atoms with Gasteiger partial charge in [-0.25, -0.2) is 0 Å². The number of rotatable bonds is 4.